The fourth-order valence-electron chi connectivity index (χ4n) is 2.13. The number of hydrogen-bond acceptors (Lipinski definition) is 3. The molecule has 0 fully saturated rings. The van der Waals surface area contributed by atoms with Gasteiger partial charge >= 0.3 is 0 Å². The van der Waals surface area contributed by atoms with Crippen LogP contribution in [0.1, 0.15) is 5.56 Å². The van der Waals surface area contributed by atoms with Gasteiger partial charge in [-0.1, -0.05) is 23.9 Å². The van der Waals surface area contributed by atoms with Gasteiger partial charge in [0.25, 0.3) is 0 Å². The van der Waals surface area contributed by atoms with Crippen LogP contribution >= 0.6 is 43.6 Å². The molecule has 0 aliphatic carbocycles. The second-order valence-corrected chi connectivity index (χ2v) is 7.67. The molecule has 0 unspecified atom stereocenters. The lowest BCUT2D eigenvalue weighted by Crippen LogP contribution is -2.15. The predicted octanol–water partition coefficient (Wildman–Crippen LogP) is 5.13. The largest absolute Gasteiger partial charge is 0.333 e. The molecule has 23 heavy (non-hydrogen) atoms. The van der Waals surface area contributed by atoms with Crippen LogP contribution in [0.25, 0.3) is 11.0 Å². The Bertz CT molecular complexity index is 823. The van der Waals surface area contributed by atoms with E-state index in [1.807, 2.05) is 43.3 Å². The number of thioether (sulfide) groups is 1. The number of halogens is 2. The van der Waals surface area contributed by atoms with Crippen LogP contribution in [-0.2, 0) is 4.79 Å². The minimum absolute atomic E-state index is 0.0827. The minimum atomic E-state index is -0.0827. The molecule has 118 valence electrons. The Morgan fingerprint density at radius 1 is 1.26 bits per heavy atom. The maximum Gasteiger partial charge on any atom is 0.234 e. The summed E-state index contributed by atoms with van der Waals surface area (Å²) in [7, 11) is 0. The van der Waals surface area contributed by atoms with E-state index >= 15 is 0 Å². The number of hydrogen-bond donors (Lipinski definition) is 2. The number of benzene rings is 2. The molecule has 3 rings (SSSR count). The van der Waals surface area contributed by atoms with Gasteiger partial charge < -0.3 is 10.3 Å². The molecule has 0 aliphatic rings. The molecule has 0 radical (unpaired) electrons. The van der Waals surface area contributed by atoms with Crippen molar-refractivity contribution < 1.29 is 4.79 Å². The lowest BCUT2D eigenvalue weighted by molar-refractivity contribution is -0.113. The van der Waals surface area contributed by atoms with Gasteiger partial charge in [0.05, 0.1) is 22.5 Å². The molecule has 0 saturated carbocycles. The highest BCUT2D eigenvalue weighted by Gasteiger charge is 2.11. The first-order valence-electron chi connectivity index (χ1n) is 6.86. The van der Waals surface area contributed by atoms with E-state index in [4.69, 9.17) is 0 Å². The smallest absolute Gasteiger partial charge is 0.234 e. The van der Waals surface area contributed by atoms with Gasteiger partial charge in [-0.3, -0.25) is 4.79 Å². The molecule has 4 nitrogen and oxygen atoms in total. The number of carbonyl (C=O) groups excluding carboxylic acids is 1. The Morgan fingerprint density at radius 2 is 1.96 bits per heavy atom. The van der Waals surface area contributed by atoms with Crippen molar-refractivity contribution >= 4 is 66.2 Å². The van der Waals surface area contributed by atoms with Gasteiger partial charge in [-0.25, -0.2) is 4.98 Å². The molecule has 0 saturated heterocycles. The number of imidazole rings is 1. The van der Waals surface area contributed by atoms with Crippen molar-refractivity contribution in [3.05, 3.63) is 50.9 Å². The predicted molar refractivity (Wildman–Crippen MR) is 102 cm³/mol. The molecule has 2 aromatic carbocycles. The van der Waals surface area contributed by atoms with Crippen molar-refractivity contribution in [3.63, 3.8) is 0 Å². The lowest BCUT2D eigenvalue weighted by atomic mass is 10.2. The first kappa shape index (κ1) is 16.5. The highest BCUT2D eigenvalue weighted by Crippen LogP contribution is 2.32. The van der Waals surface area contributed by atoms with Crippen molar-refractivity contribution in [2.24, 2.45) is 0 Å². The van der Waals surface area contributed by atoms with E-state index < -0.39 is 0 Å². The maximum atomic E-state index is 12.2. The summed E-state index contributed by atoms with van der Waals surface area (Å²) >= 11 is 8.33. The van der Waals surface area contributed by atoms with Crippen LogP contribution in [0, 0.1) is 6.92 Å². The van der Waals surface area contributed by atoms with Crippen molar-refractivity contribution in [2.75, 3.05) is 11.1 Å². The summed E-state index contributed by atoms with van der Waals surface area (Å²) < 4.78 is 1.71. The Labute approximate surface area is 154 Å². The minimum Gasteiger partial charge on any atom is -0.333 e. The normalized spacial score (nSPS) is 10.9. The second kappa shape index (κ2) is 7.07. The number of para-hydroxylation sites is 2. The van der Waals surface area contributed by atoms with E-state index in [0.717, 1.165) is 36.4 Å². The number of fused-ring (bicyclic) bond motifs is 1. The zero-order chi connectivity index (χ0) is 16.4. The number of rotatable bonds is 4. The van der Waals surface area contributed by atoms with Crippen molar-refractivity contribution in [1.29, 1.82) is 0 Å². The first-order chi connectivity index (χ1) is 11.0. The van der Waals surface area contributed by atoms with Crippen LogP contribution in [0.4, 0.5) is 5.69 Å². The maximum absolute atomic E-state index is 12.2. The SMILES string of the molecule is Cc1cc(Br)c(NC(=O)CSc2nc3ccccc3[nH]2)c(Br)c1. The molecule has 0 bridgehead atoms. The van der Waals surface area contributed by atoms with Gasteiger partial charge in [-0.15, -0.1) is 0 Å². The van der Waals surface area contributed by atoms with Crippen LogP contribution in [-0.4, -0.2) is 21.6 Å². The van der Waals surface area contributed by atoms with Gasteiger partial charge in [-0.2, -0.15) is 0 Å². The Hall–Kier alpha value is -1.31. The number of amides is 1. The Morgan fingerprint density at radius 3 is 2.65 bits per heavy atom. The van der Waals surface area contributed by atoms with Crippen LogP contribution in [0.5, 0.6) is 0 Å². The van der Waals surface area contributed by atoms with Crippen LogP contribution in [0.3, 0.4) is 0 Å². The van der Waals surface area contributed by atoms with Crippen LogP contribution < -0.4 is 5.32 Å². The monoisotopic (exact) mass is 453 g/mol. The number of anilines is 1. The van der Waals surface area contributed by atoms with Crippen molar-refractivity contribution in [2.45, 2.75) is 12.1 Å². The number of nitrogens with zero attached hydrogens (tertiary/aromatic N) is 1. The zero-order valence-electron chi connectivity index (χ0n) is 12.2. The molecule has 1 aromatic heterocycles. The van der Waals surface area contributed by atoms with Crippen molar-refractivity contribution in [1.82, 2.24) is 9.97 Å². The van der Waals surface area contributed by atoms with E-state index in [9.17, 15) is 4.79 Å². The quantitative estimate of drug-likeness (QED) is 0.537. The van der Waals surface area contributed by atoms with E-state index in [1.165, 1.54) is 11.8 Å². The molecule has 7 heteroatoms. The summed E-state index contributed by atoms with van der Waals surface area (Å²) in [6.45, 7) is 2.00. The third-order valence-electron chi connectivity index (χ3n) is 3.16. The van der Waals surface area contributed by atoms with E-state index in [1.54, 1.807) is 0 Å². The number of H-pyrrole nitrogens is 1. The number of aromatic amines is 1. The Kier molecular flexibility index (Phi) is 5.08. The van der Waals surface area contributed by atoms with Crippen molar-refractivity contribution in [3.8, 4) is 0 Å². The van der Waals surface area contributed by atoms with E-state index in [-0.39, 0.29) is 11.7 Å². The van der Waals surface area contributed by atoms with Gasteiger partial charge in [0.2, 0.25) is 5.91 Å². The van der Waals surface area contributed by atoms with Gasteiger partial charge in [0, 0.05) is 8.95 Å². The number of aryl methyl sites for hydroxylation is 1. The topological polar surface area (TPSA) is 57.8 Å². The molecule has 0 aliphatic heterocycles. The first-order valence-corrected chi connectivity index (χ1v) is 9.43. The van der Waals surface area contributed by atoms with Crippen LogP contribution in [0.15, 0.2) is 50.5 Å². The number of aromatic nitrogens is 2. The summed E-state index contributed by atoms with van der Waals surface area (Å²) in [5.74, 6) is 0.202. The molecule has 0 spiro atoms. The number of carbonyl (C=O) groups is 1. The molecule has 1 heterocycles. The lowest BCUT2D eigenvalue weighted by Gasteiger charge is -2.10. The fourth-order valence-corrected chi connectivity index (χ4v) is 4.43. The molecule has 2 N–H and O–H groups in total. The van der Waals surface area contributed by atoms with E-state index in [2.05, 4.69) is 47.1 Å². The van der Waals surface area contributed by atoms with Gasteiger partial charge in [0.15, 0.2) is 5.16 Å². The summed E-state index contributed by atoms with van der Waals surface area (Å²) in [5, 5.41) is 3.65. The standard InChI is InChI=1S/C16H13Br2N3OS/c1-9-6-10(17)15(11(18)7-9)21-14(22)8-23-16-19-12-4-2-3-5-13(12)20-16/h2-7H,8H2,1H3,(H,19,20)(H,21,22). The summed E-state index contributed by atoms with van der Waals surface area (Å²) in [4.78, 5) is 19.8. The zero-order valence-corrected chi connectivity index (χ0v) is 16.2. The molecule has 3 aromatic rings. The molecular formula is C16H13Br2N3OS. The average Bonchev–Trinajstić information content (AvgIpc) is 2.91. The fraction of sp³-hybridized carbons (Fsp3) is 0.125. The Balaban J connectivity index is 1.66. The number of nitrogens with one attached hydrogen (secondary N) is 2. The highest BCUT2D eigenvalue weighted by molar-refractivity contribution is 9.11. The summed E-state index contributed by atoms with van der Waals surface area (Å²) in [6.07, 6.45) is 0. The van der Waals surface area contributed by atoms with E-state index in [0.29, 0.717) is 0 Å². The molecule has 0 atom stereocenters. The summed E-state index contributed by atoms with van der Waals surface area (Å²) in [5.41, 5.74) is 3.73. The molecule has 1 amide bonds. The van der Waals surface area contributed by atoms with Crippen LogP contribution in [0.2, 0.25) is 0 Å². The summed E-state index contributed by atoms with van der Waals surface area (Å²) in [6, 6.07) is 11.7. The third-order valence-corrected chi connectivity index (χ3v) is 5.28. The van der Waals surface area contributed by atoms with Gasteiger partial charge in [-0.05, 0) is 68.6 Å². The van der Waals surface area contributed by atoms with Gasteiger partial charge in [0.1, 0.15) is 0 Å². The average molecular weight is 455 g/mol. The highest BCUT2D eigenvalue weighted by atomic mass is 79.9. The second-order valence-electron chi connectivity index (χ2n) is 5.00. The third kappa shape index (κ3) is 3.97. The molecular weight excluding hydrogens is 442 g/mol.